The standard InChI is InChI=1S/C17H24O3/c1-3-20-17(18)12-14-6-4-5-7-16(14)13-8-10-15(19-2)11-9-13/h8-11,14,16H,3-7,12H2,1-2H3. The van der Waals surface area contributed by atoms with Crippen LogP contribution in [0.4, 0.5) is 0 Å². The van der Waals surface area contributed by atoms with Crippen molar-refractivity contribution in [2.24, 2.45) is 5.92 Å². The molecule has 110 valence electrons. The molecule has 0 amide bonds. The van der Waals surface area contributed by atoms with Gasteiger partial charge in [-0.25, -0.2) is 0 Å². The van der Waals surface area contributed by atoms with E-state index in [1.54, 1.807) is 7.11 Å². The first-order valence-corrected chi connectivity index (χ1v) is 7.54. The van der Waals surface area contributed by atoms with Crippen molar-refractivity contribution in [1.29, 1.82) is 0 Å². The molecule has 0 N–H and O–H groups in total. The van der Waals surface area contributed by atoms with Crippen LogP contribution in [-0.4, -0.2) is 19.7 Å². The lowest BCUT2D eigenvalue weighted by molar-refractivity contribution is -0.144. The van der Waals surface area contributed by atoms with Gasteiger partial charge in [-0.3, -0.25) is 4.79 Å². The van der Waals surface area contributed by atoms with Gasteiger partial charge < -0.3 is 9.47 Å². The zero-order valence-corrected chi connectivity index (χ0v) is 12.4. The van der Waals surface area contributed by atoms with Gasteiger partial charge in [-0.2, -0.15) is 0 Å². The number of hydrogen-bond acceptors (Lipinski definition) is 3. The average Bonchev–Trinajstić information content (AvgIpc) is 2.48. The zero-order chi connectivity index (χ0) is 14.4. The van der Waals surface area contributed by atoms with E-state index in [9.17, 15) is 4.79 Å². The summed E-state index contributed by atoms with van der Waals surface area (Å²) in [6, 6.07) is 8.27. The van der Waals surface area contributed by atoms with E-state index in [0.717, 1.165) is 18.6 Å². The van der Waals surface area contributed by atoms with Crippen LogP contribution in [-0.2, 0) is 9.53 Å². The molecule has 1 aliphatic carbocycles. The number of hydrogen-bond donors (Lipinski definition) is 0. The third-order valence-electron chi connectivity index (χ3n) is 4.19. The number of benzene rings is 1. The summed E-state index contributed by atoms with van der Waals surface area (Å²) in [6.07, 6.45) is 5.29. The topological polar surface area (TPSA) is 35.5 Å². The molecule has 2 atom stereocenters. The minimum Gasteiger partial charge on any atom is -0.497 e. The number of ether oxygens (including phenoxy) is 2. The molecular weight excluding hydrogens is 252 g/mol. The first-order valence-electron chi connectivity index (χ1n) is 7.54. The number of methoxy groups -OCH3 is 1. The molecular formula is C17H24O3. The predicted octanol–water partition coefficient (Wildman–Crippen LogP) is 3.92. The summed E-state index contributed by atoms with van der Waals surface area (Å²) in [5.41, 5.74) is 1.32. The van der Waals surface area contributed by atoms with Gasteiger partial charge in [0.2, 0.25) is 0 Å². The summed E-state index contributed by atoms with van der Waals surface area (Å²) < 4.78 is 10.3. The summed E-state index contributed by atoms with van der Waals surface area (Å²) >= 11 is 0. The van der Waals surface area contributed by atoms with Crippen LogP contribution < -0.4 is 4.74 Å². The molecule has 0 bridgehead atoms. The van der Waals surface area contributed by atoms with Gasteiger partial charge in [0.1, 0.15) is 5.75 Å². The van der Waals surface area contributed by atoms with Gasteiger partial charge in [0.05, 0.1) is 13.7 Å². The average molecular weight is 276 g/mol. The van der Waals surface area contributed by atoms with Gasteiger partial charge in [0.25, 0.3) is 0 Å². The number of carbonyl (C=O) groups is 1. The zero-order valence-electron chi connectivity index (χ0n) is 12.4. The molecule has 0 heterocycles. The van der Waals surface area contributed by atoms with E-state index in [-0.39, 0.29) is 5.97 Å². The molecule has 0 spiro atoms. The molecule has 1 aromatic carbocycles. The maximum atomic E-state index is 11.7. The van der Waals surface area contributed by atoms with Crippen LogP contribution in [0.2, 0.25) is 0 Å². The number of carbonyl (C=O) groups excluding carboxylic acids is 1. The molecule has 3 heteroatoms. The summed E-state index contributed by atoms with van der Waals surface area (Å²) in [7, 11) is 1.68. The van der Waals surface area contributed by atoms with Crippen LogP contribution in [0.25, 0.3) is 0 Å². The normalized spacial score (nSPS) is 22.3. The van der Waals surface area contributed by atoms with E-state index >= 15 is 0 Å². The van der Waals surface area contributed by atoms with Gasteiger partial charge in [-0.1, -0.05) is 25.0 Å². The summed E-state index contributed by atoms with van der Waals surface area (Å²) in [5.74, 6) is 1.71. The molecule has 2 unspecified atom stereocenters. The Morgan fingerprint density at radius 2 is 1.90 bits per heavy atom. The highest BCUT2D eigenvalue weighted by Crippen LogP contribution is 2.40. The Morgan fingerprint density at radius 1 is 1.20 bits per heavy atom. The second kappa shape index (κ2) is 7.32. The fraction of sp³-hybridized carbons (Fsp3) is 0.588. The van der Waals surface area contributed by atoms with E-state index in [4.69, 9.17) is 9.47 Å². The van der Waals surface area contributed by atoms with E-state index in [2.05, 4.69) is 12.1 Å². The van der Waals surface area contributed by atoms with Crippen molar-refractivity contribution in [2.75, 3.05) is 13.7 Å². The fourth-order valence-electron chi connectivity index (χ4n) is 3.18. The van der Waals surface area contributed by atoms with E-state index in [1.165, 1.54) is 18.4 Å². The number of rotatable bonds is 5. The molecule has 1 aliphatic rings. The van der Waals surface area contributed by atoms with Crippen molar-refractivity contribution in [1.82, 2.24) is 0 Å². The molecule has 0 aliphatic heterocycles. The third kappa shape index (κ3) is 3.75. The van der Waals surface area contributed by atoms with Crippen molar-refractivity contribution in [3.63, 3.8) is 0 Å². The van der Waals surface area contributed by atoms with Gasteiger partial charge in [0, 0.05) is 6.42 Å². The maximum absolute atomic E-state index is 11.7. The Bertz CT molecular complexity index is 424. The largest absolute Gasteiger partial charge is 0.497 e. The second-order valence-corrected chi connectivity index (χ2v) is 5.43. The third-order valence-corrected chi connectivity index (χ3v) is 4.19. The van der Waals surface area contributed by atoms with Crippen molar-refractivity contribution in [2.45, 2.75) is 44.9 Å². The second-order valence-electron chi connectivity index (χ2n) is 5.43. The minimum absolute atomic E-state index is 0.0575. The lowest BCUT2D eigenvalue weighted by atomic mass is 9.74. The Hall–Kier alpha value is -1.51. The Balaban J connectivity index is 2.07. The molecule has 20 heavy (non-hydrogen) atoms. The van der Waals surface area contributed by atoms with Crippen molar-refractivity contribution >= 4 is 5.97 Å². The molecule has 0 saturated heterocycles. The van der Waals surface area contributed by atoms with Crippen molar-refractivity contribution in [3.8, 4) is 5.75 Å². The number of esters is 1. The van der Waals surface area contributed by atoms with Crippen LogP contribution in [0.15, 0.2) is 24.3 Å². The molecule has 2 rings (SSSR count). The molecule has 0 aromatic heterocycles. The SMILES string of the molecule is CCOC(=O)CC1CCCCC1c1ccc(OC)cc1. The van der Waals surface area contributed by atoms with Crippen LogP contribution in [0.5, 0.6) is 5.75 Å². The first kappa shape index (κ1) is 14.9. The highest BCUT2D eigenvalue weighted by Gasteiger charge is 2.28. The molecule has 1 saturated carbocycles. The van der Waals surface area contributed by atoms with Crippen LogP contribution in [0, 0.1) is 5.92 Å². The van der Waals surface area contributed by atoms with E-state index < -0.39 is 0 Å². The highest BCUT2D eigenvalue weighted by atomic mass is 16.5. The van der Waals surface area contributed by atoms with Crippen LogP contribution in [0.1, 0.15) is 50.5 Å². The maximum Gasteiger partial charge on any atom is 0.306 e. The predicted molar refractivity (Wildman–Crippen MR) is 78.9 cm³/mol. The minimum atomic E-state index is -0.0575. The van der Waals surface area contributed by atoms with Gasteiger partial charge >= 0.3 is 5.97 Å². The van der Waals surface area contributed by atoms with Crippen LogP contribution >= 0.6 is 0 Å². The molecule has 1 aromatic rings. The summed E-state index contributed by atoms with van der Waals surface area (Å²) in [6.45, 7) is 2.33. The van der Waals surface area contributed by atoms with Gasteiger partial charge in [-0.15, -0.1) is 0 Å². The lowest BCUT2D eigenvalue weighted by Gasteiger charge is -2.31. The fourth-order valence-corrected chi connectivity index (χ4v) is 3.18. The molecule has 1 fully saturated rings. The Kier molecular flexibility index (Phi) is 5.45. The van der Waals surface area contributed by atoms with E-state index in [0.29, 0.717) is 24.9 Å². The van der Waals surface area contributed by atoms with Gasteiger partial charge in [-0.05, 0) is 49.3 Å². The summed E-state index contributed by atoms with van der Waals surface area (Å²) in [5, 5.41) is 0. The van der Waals surface area contributed by atoms with Gasteiger partial charge in [0.15, 0.2) is 0 Å². The summed E-state index contributed by atoms with van der Waals surface area (Å²) in [4.78, 5) is 11.7. The molecule has 0 radical (unpaired) electrons. The highest BCUT2D eigenvalue weighted by molar-refractivity contribution is 5.69. The monoisotopic (exact) mass is 276 g/mol. The Morgan fingerprint density at radius 3 is 2.55 bits per heavy atom. The van der Waals surface area contributed by atoms with Crippen molar-refractivity contribution < 1.29 is 14.3 Å². The first-order chi connectivity index (χ1) is 9.74. The quantitative estimate of drug-likeness (QED) is 0.765. The van der Waals surface area contributed by atoms with Crippen LogP contribution in [0.3, 0.4) is 0 Å². The lowest BCUT2D eigenvalue weighted by Crippen LogP contribution is -2.22. The van der Waals surface area contributed by atoms with Crippen molar-refractivity contribution in [3.05, 3.63) is 29.8 Å². The smallest absolute Gasteiger partial charge is 0.306 e. The Labute approximate surface area is 121 Å². The van der Waals surface area contributed by atoms with E-state index in [1.807, 2.05) is 19.1 Å². The molecule has 3 nitrogen and oxygen atoms in total.